The molecule has 0 radical (unpaired) electrons. The Balaban J connectivity index is 1.57. The predicted octanol–water partition coefficient (Wildman–Crippen LogP) is 6.38. The third-order valence-corrected chi connectivity index (χ3v) is 6.01. The number of carbonyl (C=O) groups excluding carboxylic acids is 1. The van der Waals surface area contributed by atoms with Gasteiger partial charge in [0.15, 0.2) is 5.13 Å². The van der Waals surface area contributed by atoms with Gasteiger partial charge in [-0.3, -0.25) is 10.1 Å². The topological polar surface area (TPSA) is 54.9 Å². The van der Waals surface area contributed by atoms with Crippen molar-refractivity contribution < 1.29 is 4.79 Å². The number of aromatic nitrogens is 2. The lowest BCUT2D eigenvalue weighted by Crippen LogP contribution is -2.13. The minimum absolute atomic E-state index is 0.183. The van der Waals surface area contributed by atoms with Crippen LogP contribution < -0.4 is 5.32 Å². The molecular weight excluding hydrogens is 390 g/mol. The number of nitrogens with one attached hydrogen (secondary N) is 1. The SMILES string of the molecule is Cc1ccc(-c2cc(C(=O)Nc3nc4ccc(C)cc4s3)c3ccccc3n2)cc1. The van der Waals surface area contributed by atoms with Crippen LogP contribution in [0.4, 0.5) is 5.13 Å². The van der Waals surface area contributed by atoms with E-state index in [0.29, 0.717) is 10.7 Å². The summed E-state index contributed by atoms with van der Waals surface area (Å²) in [4.78, 5) is 22.6. The van der Waals surface area contributed by atoms with Gasteiger partial charge < -0.3 is 0 Å². The van der Waals surface area contributed by atoms with Crippen LogP contribution in [-0.2, 0) is 0 Å². The standard InChI is InChI=1S/C25H19N3OS/c1-15-7-10-17(11-8-15)22-14-19(18-5-3-4-6-20(18)26-22)24(29)28-25-27-21-12-9-16(2)13-23(21)30-25/h3-14H,1-2H3,(H,27,28,29). The van der Waals surface area contributed by atoms with E-state index in [9.17, 15) is 4.79 Å². The fourth-order valence-corrected chi connectivity index (χ4v) is 4.44. The number of rotatable bonds is 3. The van der Waals surface area contributed by atoms with Gasteiger partial charge in [-0.15, -0.1) is 0 Å². The summed E-state index contributed by atoms with van der Waals surface area (Å²) in [5.41, 5.74) is 6.39. The third kappa shape index (κ3) is 3.44. The van der Waals surface area contributed by atoms with Crippen LogP contribution in [-0.4, -0.2) is 15.9 Å². The fourth-order valence-electron chi connectivity index (χ4n) is 3.49. The zero-order valence-corrected chi connectivity index (χ0v) is 17.5. The number of pyridine rings is 1. The zero-order valence-electron chi connectivity index (χ0n) is 16.6. The summed E-state index contributed by atoms with van der Waals surface area (Å²) in [6.45, 7) is 4.10. The number of aryl methyl sites for hydroxylation is 2. The van der Waals surface area contributed by atoms with Gasteiger partial charge in [0.05, 0.1) is 27.0 Å². The van der Waals surface area contributed by atoms with Crippen LogP contribution in [0.5, 0.6) is 0 Å². The molecule has 1 N–H and O–H groups in total. The first-order chi connectivity index (χ1) is 14.6. The van der Waals surface area contributed by atoms with Gasteiger partial charge in [0, 0.05) is 10.9 Å². The summed E-state index contributed by atoms with van der Waals surface area (Å²) in [5, 5.41) is 4.41. The molecule has 3 aromatic carbocycles. The van der Waals surface area contributed by atoms with E-state index in [2.05, 4.69) is 35.4 Å². The zero-order chi connectivity index (χ0) is 20.7. The van der Waals surface area contributed by atoms with Crippen LogP contribution in [0.2, 0.25) is 0 Å². The number of fused-ring (bicyclic) bond motifs is 2. The van der Waals surface area contributed by atoms with Gasteiger partial charge in [-0.2, -0.15) is 0 Å². The van der Waals surface area contributed by atoms with Crippen molar-refractivity contribution >= 4 is 43.5 Å². The smallest absolute Gasteiger partial charge is 0.258 e. The van der Waals surface area contributed by atoms with E-state index in [1.165, 1.54) is 22.5 Å². The number of benzene rings is 3. The molecule has 1 amide bonds. The maximum absolute atomic E-state index is 13.2. The van der Waals surface area contributed by atoms with E-state index in [0.717, 1.165) is 32.4 Å². The van der Waals surface area contributed by atoms with E-state index >= 15 is 0 Å². The summed E-state index contributed by atoms with van der Waals surface area (Å²) >= 11 is 1.48. The average Bonchev–Trinajstić information content (AvgIpc) is 3.14. The molecule has 0 aliphatic rings. The number of nitrogens with zero attached hydrogens (tertiary/aromatic N) is 2. The van der Waals surface area contributed by atoms with Gasteiger partial charge in [-0.25, -0.2) is 9.97 Å². The van der Waals surface area contributed by atoms with Crippen molar-refractivity contribution in [1.29, 1.82) is 0 Å². The molecule has 0 aliphatic carbocycles. The highest BCUT2D eigenvalue weighted by Crippen LogP contribution is 2.29. The molecule has 4 nitrogen and oxygen atoms in total. The molecule has 0 unspecified atom stereocenters. The Labute approximate surface area is 178 Å². The second kappa shape index (κ2) is 7.35. The maximum atomic E-state index is 13.2. The Morgan fingerprint density at radius 1 is 0.833 bits per heavy atom. The molecule has 2 heterocycles. The van der Waals surface area contributed by atoms with Crippen molar-refractivity contribution in [3.8, 4) is 11.3 Å². The van der Waals surface area contributed by atoms with Crippen LogP contribution in [0.1, 0.15) is 21.5 Å². The van der Waals surface area contributed by atoms with Crippen molar-refractivity contribution in [1.82, 2.24) is 9.97 Å². The van der Waals surface area contributed by atoms with Crippen LogP contribution in [0, 0.1) is 13.8 Å². The first-order valence-corrected chi connectivity index (χ1v) is 10.5. The molecule has 0 aliphatic heterocycles. The van der Waals surface area contributed by atoms with Crippen molar-refractivity contribution in [2.75, 3.05) is 5.32 Å². The Kier molecular flexibility index (Phi) is 4.52. The van der Waals surface area contributed by atoms with Gasteiger partial charge in [0.1, 0.15) is 0 Å². The lowest BCUT2D eigenvalue weighted by molar-refractivity contribution is 0.102. The van der Waals surface area contributed by atoms with Crippen LogP contribution >= 0.6 is 11.3 Å². The molecule has 5 aromatic rings. The number of amides is 1. The fraction of sp³-hybridized carbons (Fsp3) is 0.0800. The molecule has 5 rings (SSSR count). The summed E-state index contributed by atoms with van der Waals surface area (Å²) in [7, 11) is 0. The lowest BCUT2D eigenvalue weighted by Gasteiger charge is -2.10. The largest absolute Gasteiger partial charge is 0.298 e. The van der Waals surface area contributed by atoms with Crippen molar-refractivity contribution in [2.45, 2.75) is 13.8 Å². The maximum Gasteiger partial charge on any atom is 0.258 e. The van der Waals surface area contributed by atoms with E-state index in [1.54, 1.807) is 0 Å². The number of hydrogen-bond acceptors (Lipinski definition) is 4. The number of para-hydroxylation sites is 1. The number of hydrogen-bond donors (Lipinski definition) is 1. The number of anilines is 1. The molecule has 0 bridgehead atoms. The molecule has 5 heteroatoms. The lowest BCUT2D eigenvalue weighted by atomic mass is 10.0. The quantitative estimate of drug-likeness (QED) is 0.376. The van der Waals surface area contributed by atoms with E-state index in [1.807, 2.05) is 61.5 Å². The summed E-state index contributed by atoms with van der Waals surface area (Å²) < 4.78 is 1.06. The van der Waals surface area contributed by atoms with Gasteiger partial charge in [-0.1, -0.05) is 65.4 Å². The molecule has 0 saturated carbocycles. The van der Waals surface area contributed by atoms with Gasteiger partial charge >= 0.3 is 0 Å². The second-order valence-electron chi connectivity index (χ2n) is 7.38. The Morgan fingerprint density at radius 3 is 2.43 bits per heavy atom. The van der Waals surface area contributed by atoms with E-state index in [-0.39, 0.29) is 5.91 Å². The van der Waals surface area contributed by atoms with Crippen LogP contribution in [0.25, 0.3) is 32.4 Å². The number of carbonyl (C=O) groups is 1. The predicted molar refractivity (Wildman–Crippen MR) is 124 cm³/mol. The molecular formula is C25H19N3OS. The number of thiazole rings is 1. The Bertz CT molecular complexity index is 1400. The molecule has 30 heavy (non-hydrogen) atoms. The highest BCUT2D eigenvalue weighted by Gasteiger charge is 2.16. The summed E-state index contributed by atoms with van der Waals surface area (Å²) in [6, 6.07) is 23.8. The highest BCUT2D eigenvalue weighted by molar-refractivity contribution is 7.22. The van der Waals surface area contributed by atoms with Crippen LogP contribution in [0.15, 0.2) is 72.8 Å². The third-order valence-electron chi connectivity index (χ3n) is 5.07. The first kappa shape index (κ1) is 18.5. The van der Waals surface area contributed by atoms with Crippen molar-refractivity contribution in [3.63, 3.8) is 0 Å². The summed E-state index contributed by atoms with van der Waals surface area (Å²) in [5.74, 6) is -0.183. The molecule has 146 valence electrons. The Hall–Kier alpha value is -3.57. The van der Waals surface area contributed by atoms with Crippen molar-refractivity contribution in [3.05, 3.63) is 89.5 Å². The first-order valence-electron chi connectivity index (χ1n) is 9.72. The minimum Gasteiger partial charge on any atom is -0.298 e. The van der Waals surface area contributed by atoms with Gasteiger partial charge in [-0.05, 0) is 43.7 Å². The Morgan fingerprint density at radius 2 is 1.60 bits per heavy atom. The second-order valence-corrected chi connectivity index (χ2v) is 8.41. The van der Waals surface area contributed by atoms with Gasteiger partial charge in [0.25, 0.3) is 5.91 Å². The van der Waals surface area contributed by atoms with E-state index in [4.69, 9.17) is 4.98 Å². The van der Waals surface area contributed by atoms with Crippen molar-refractivity contribution in [2.24, 2.45) is 0 Å². The normalized spacial score (nSPS) is 11.1. The van der Waals surface area contributed by atoms with E-state index < -0.39 is 0 Å². The highest BCUT2D eigenvalue weighted by atomic mass is 32.1. The molecule has 0 spiro atoms. The van der Waals surface area contributed by atoms with Crippen LogP contribution in [0.3, 0.4) is 0 Å². The summed E-state index contributed by atoms with van der Waals surface area (Å²) in [6.07, 6.45) is 0. The average molecular weight is 410 g/mol. The molecule has 0 fully saturated rings. The monoisotopic (exact) mass is 409 g/mol. The van der Waals surface area contributed by atoms with Gasteiger partial charge in [0.2, 0.25) is 0 Å². The minimum atomic E-state index is -0.183. The molecule has 2 aromatic heterocycles. The molecule has 0 saturated heterocycles. The molecule has 0 atom stereocenters.